The summed E-state index contributed by atoms with van der Waals surface area (Å²) in [6.07, 6.45) is 0.859. The molecule has 0 aliphatic carbocycles. The SMILES string of the molecule is Cc1ccccc1-c1cccc2c1[P+](C(C)(C)C)(C(C)(C)C)CO2. The fourth-order valence-electron chi connectivity index (χ4n) is 4.42. The molecule has 2 aromatic carbocycles. The predicted octanol–water partition coefficient (Wildman–Crippen LogP) is 6.25. The van der Waals surface area contributed by atoms with Crippen LogP contribution in [0, 0.1) is 6.92 Å². The molecule has 3 rings (SSSR count). The lowest BCUT2D eigenvalue weighted by atomic mass is 10.0. The van der Waals surface area contributed by atoms with Crippen molar-refractivity contribution in [3.8, 4) is 16.9 Å². The highest BCUT2D eigenvalue weighted by atomic mass is 31.2. The van der Waals surface area contributed by atoms with Gasteiger partial charge in [-0.3, -0.25) is 0 Å². The molecule has 1 nitrogen and oxygen atoms in total. The molecular weight excluding hydrogens is 311 g/mol. The van der Waals surface area contributed by atoms with Crippen molar-refractivity contribution >= 4 is 12.6 Å². The molecule has 0 atom stereocenters. The predicted molar refractivity (Wildman–Crippen MR) is 108 cm³/mol. The summed E-state index contributed by atoms with van der Waals surface area (Å²) < 4.78 is 6.32. The van der Waals surface area contributed by atoms with Crippen molar-refractivity contribution in [1.82, 2.24) is 0 Å². The number of hydrogen-bond donors (Lipinski definition) is 0. The summed E-state index contributed by atoms with van der Waals surface area (Å²) in [7, 11) is -1.55. The molecule has 0 radical (unpaired) electrons. The standard InChI is InChI=1S/C22H30OP/c1-16-11-8-9-12-17(16)18-13-10-14-19-20(18)24(15-23-19,21(2,3)4)22(5,6)7/h8-14H,15H2,1-7H3/q+1. The molecule has 0 fully saturated rings. The monoisotopic (exact) mass is 341 g/mol. The van der Waals surface area contributed by atoms with Crippen LogP contribution in [0.2, 0.25) is 0 Å². The largest absolute Gasteiger partial charge is 0.455 e. The van der Waals surface area contributed by atoms with Crippen molar-refractivity contribution in [3.63, 3.8) is 0 Å². The van der Waals surface area contributed by atoms with E-state index in [0.29, 0.717) is 0 Å². The van der Waals surface area contributed by atoms with Gasteiger partial charge in [0.2, 0.25) is 6.35 Å². The van der Waals surface area contributed by atoms with Crippen LogP contribution in [-0.4, -0.2) is 16.7 Å². The summed E-state index contributed by atoms with van der Waals surface area (Å²) in [6, 6.07) is 15.3. The van der Waals surface area contributed by atoms with E-state index in [1.54, 1.807) is 0 Å². The highest BCUT2D eigenvalue weighted by molar-refractivity contribution is 7.86. The average Bonchev–Trinajstić information content (AvgIpc) is 2.88. The molecule has 1 aliphatic heterocycles. The van der Waals surface area contributed by atoms with E-state index in [1.807, 2.05) is 0 Å². The zero-order chi connectivity index (χ0) is 17.8. The van der Waals surface area contributed by atoms with E-state index in [2.05, 4.69) is 90.9 Å². The second kappa shape index (κ2) is 5.60. The van der Waals surface area contributed by atoms with Gasteiger partial charge in [-0.25, -0.2) is 0 Å². The molecule has 0 saturated heterocycles. The summed E-state index contributed by atoms with van der Waals surface area (Å²) in [6.45, 7) is 16.6. The van der Waals surface area contributed by atoms with Gasteiger partial charge in [-0.2, -0.15) is 0 Å². The van der Waals surface area contributed by atoms with Crippen LogP contribution in [0.15, 0.2) is 42.5 Å². The van der Waals surface area contributed by atoms with Gasteiger partial charge in [0.05, 0.1) is 10.3 Å². The Morgan fingerprint density at radius 1 is 0.792 bits per heavy atom. The maximum atomic E-state index is 6.32. The molecule has 24 heavy (non-hydrogen) atoms. The van der Waals surface area contributed by atoms with Crippen molar-refractivity contribution in [3.05, 3.63) is 48.0 Å². The Morgan fingerprint density at radius 2 is 1.38 bits per heavy atom. The second-order valence-electron chi connectivity index (χ2n) is 8.89. The summed E-state index contributed by atoms with van der Waals surface area (Å²) >= 11 is 0. The zero-order valence-corrected chi connectivity index (χ0v) is 17.0. The molecule has 2 heteroatoms. The van der Waals surface area contributed by atoms with Gasteiger partial charge < -0.3 is 4.74 Å². The number of rotatable bonds is 1. The van der Waals surface area contributed by atoms with Crippen molar-refractivity contribution in [2.24, 2.45) is 0 Å². The van der Waals surface area contributed by atoms with Crippen molar-refractivity contribution in [2.45, 2.75) is 58.8 Å². The normalized spacial score (nSPS) is 16.6. The summed E-state index contributed by atoms with van der Waals surface area (Å²) in [4.78, 5) is 0. The Labute approximate surface area is 147 Å². The van der Waals surface area contributed by atoms with E-state index in [-0.39, 0.29) is 10.3 Å². The van der Waals surface area contributed by atoms with Gasteiger partial charge in [0, 0.05) is 5.56 Å². The third-order valence-corrected chi connectivity index (χ3v) is 11.8. The van der Waals surface area contributed by atoms with E-state index < -0.39 is 7.26 Å². The van der Waals surface area contributed by atoms with E-state index in [9.17, 15) is 0 Å². The van der Waals surface area contributed by atoms with E-state index in [1.165, 1.54) is 22.0 Å². The quantitative estimate of drug-likeness (QED) is 0.557. The summed E-state index contributed by atoms with van der Waals surface area (Å²) in [5.74, 6) is 1.11. The molecule has 1 heterocycles. The fourth-order valence-corrected chi connectivity index (χ4v) is 10.1. The number of aryl methyl sites for hydroxylation is 1. The smallest absolute Gasteiger partial charge is 0.202 e. The molecule has 0 spiro atoms. The molecule has 0 saturated carbocycles. The van der Waals surface area contributed by atoms with Crippen LogP contribution in [-0.2, 0) is 0 Å². The summed E-state index contributed by atoms with van der Waals surface area (Å²) in [5.41, 5.74) is 4.05. The van der Waals surface area contributed by atoms with Crippen LogP contribution in [0.25, 0.3) is 11.1 Å². The number of benzene rings is 2. The fraction of sp³-hybridized carbons (Fsp3) is 0.455. The number of hydrogen-bond acceptors (Lipinski definition) is 1. The molecular formula is C22H30OP+. The third-order valence-electron chi connectivity index (χ3n) is 5.52. The van der Waals surface area contributed by atoms with Crippen molar-refractivity contribution in [2.75, 3.05) is 6.35 Å². The Kier molecular flexibility index (Phi) is 4.08. The van der Waals surface area contributed by atoms with Crippen LogP contribution in [0.3, 0.4) is 0 Å². The minimum atomic E-state index is -1.55. The molecule has 1 aliphatic rings. The Morgan fingerprint density at radius 3 is 1.96 bits per heavy atom. The summed E-state index contributed by atoms with van der Waals surface area (Å²) in [5, 5.41) is 1.91. The van der Waals surface area contributed by atoms with Crippen LogP contribution >= 0.6 is 7.26 Å². The lowest BCUT2D eigenvalue weighted by Gasteiger charge is -2.43. The van der Waals surface area contributed by atoms with Gasteiger partial charge in [-0.05, 0) is 65.7 Å². The first-order chi connectivity index (χ1) is 11.1. The number of fused-ring (bicyclic) bond motifs is 1. The van der Waals surface area contributed by atoms with Crippen LogP contribution in [0.1, 0.15) is 47.1 Å². The van der Waals surface area contributed by atoms with Crippen LogP contribution in [0.5, 0.6) is 5.75 Å². The first-order valence-electron chi connectivity index (χ1n) is 8.80. The Bertz CT molecular complexity index is 748. The first kappa shape index (κ1) is 17.5. The third kappa shape index (κ3) is 2.40. The van der Waals surface area contributed by atoms with E-state index in [4.69, 9.17) is 4.74 Å². The molecule has 0 amide bonds. The van der Waals surface area contributed by atoms with E-state index >= 15 is 0 Å². The van der Waals surface area contributed by atoms with Gasteiger partial charge in [-0.15, -0.1) is 0 Å². The first-order valence-corrected chi connectivity index (χ1v) is 10.8. The topological polar surface area (TPSA) is 9.23 Å². The highest BCUT2D eigenvalue weighted by Gasteiger charge is 2.65. The molecule has 2 aromatic rings. The molecule has 0 unspecified atom stereocenters. The van der Waals surface area contributed by atoms with Gasteiger partial charge >= 0.3 is 0 Å². The maximum absolute atomic E-state index is 6.32. The van der Waals surface area contributed by atoms with E-state index in [0.717, 1.165) is 12.1 Å². The lowest BCUT2D eigenvalue weighted by Crippen LogP contribution is -2.40. The maximum Gasteiger partial charge on any atom is 0.202 e. The zero-order valence-electron chi connectivity index (χ0n) is 16.1. The van der Waals surface area contributed by atoms with Crippen molar-refractivity contribution in [1.29, 1.82) is 0 Å². The minimum absolute atomic E-state index is 0.204. The Balaban J connectivity index is 2.38. The van der Waals surface area contributed by atoms with Crippen LogP contribution < -0.4 is 10.0 Å². The number of ether oxygens (including phenoxy) is 1. The Hall–Kier alpha value is -1.33. The lowest BCUT2D eigenvalue weighted by molar-refractivity contribution is 0.394. The van der Waals surface area contributed by atoms with Gasteiger partial charge in [0.1, 0.15) is 12.6 Å². The van der Waals surface area contributed by atoms with Crippen LogP contribution in [0.4, 0.5) is 0 Å². The van der Waals surface area contributed by atoms with Crippen molar-refractivity contribution < 1.29 is 4.74 Å². The molecule has 0 bridgehead atoms. The van der Waals surface area contributed by atoms with Gasteiger partial charge in [0.15, 0.2) is 5.75 Å². The minimum Gasteiger partial charge on any atom is -0.455 e. The highest BCUT2D eigenvalue weighted by Crippen LogP contribution is 2.79. The molecule has 0 aromatic heterocycles. The molecule has 0 N–H and O–H groups in total. The second-order valence-corrected chi connectivity index (χ2v) is 13.9. The average molecular weight is 341 g/mol. The van der Waals surface area contributed by atoms with Gasteiger partial charge in [0.25, 0.3) is 0 Å². The molecule has 128 valence electrons. The van der Waals surface area contributed by atoms with Gasteiger partial charge in [-0.1, -0.05) is 36.4 Å².